The minimum atomic E-state index is -0.884. The van der Waals surface area contributed by atoms with Crippen molar-refractivity contribution in [1.29, 1.82) is 0 Å². The van der Waals surface area contributed by atoms with Crippen LogP contribution in [0, 0.1) is 40.5 Å². The second kappa shape index (κ2) is 7.32. The third-order valence-corrected chi connectivity index (χ3v) is 4.83. The van der Waals surface area contributed by atoms with E-state index in [1.165, 1.54) is 12.3 Å². The van der Waals surface area contributed by atoms with Crippen molar-refractivity contribution in [3.8, 4) is 11.1 Å². The van der Waals surface area contributed by atoms with Crippen LogP contribution in [0.1, 0.15) is 16.8 Å². The van der Waals surface area contributed by atoms with E-state index in [0.29, 0.717) is 17.8 Å². The monoisotopic (exact) mass is 435 g/mol. The molecule has 4 rings (SSSR count). The van der Waals surface area contributed by atoms with E-state index < -0.39 is 42.4 Å². The maximum Gasteiger partial charge on any atom is 0.284 e. The summed E-state index contributed by atoms with van der Waals surface area (Å²) in [4.78, 5) is 46.9. The number of non-ortho nitro benzene ring substituents is 2. The van der Waals surface area contributed by atoms with Crippen molar-refractivity contribution >= 4 is 34.4 Å². The smallest absolute Gasteiger partial charge is 0.258 e. The van der Waals surface area contributed by atoms with Gasteiger partial charge in [-0.25, -0.2) is 0 Å². The summed E-state index contributed by atoms with van der Waals surface area (Å²) in [6.45, 7) is 0. The molecule has 0 amide bonds. The van der Waals surface area contributed by atoms with Gasteiger partial charge in [-0.3, -0.25) is 45.4 Å². The molecule has 13 heteroatoms. The van der Waals surface area contributed by atoms with Gasteiger partial charge in [0.25, 0.3) is 22.7 Å². The molecule has 0 N–H and O–H groups in total. The Balaban J connectivity index is 2.19. The Bertz CT molecular complexity index is 1300. The average molecular weight is 435 g/mol. The highest BCUT2D eigenvalue weighted by molar-refractivity contribution is 6.12. The number of aromatic nitrogens is 1. The molecule has 0 fully saturated rings. The highest BCUT2D eigenvalue weighted by Crippen LogP contribution is 2.54. The van der Waals surface area contributed by atoms with Crippen LogP contribution in [-0.4, -0.2) is 24.7 Å². The SMILES string of the molecule is O=[N+]([O-])c1cc2c(c([N+](=O)[O-])c1)-c1c(cc([N+](=O)[O-])cc1[N+](=O)[O-])C2=Cc1ccccn1. The van der Waals surface area contributed by atoms with E-state index in [-0.39, 0.29) is 27.8 Å². The molecule has 1 aliphatic carbocycles. The Morgan fingerprint density at radius 3 is 1.56 bits per heavy atom. The maximum absolute atomic E-state index is 11.7. The molecule has 1 aliphatic rings. The van der Waals surface area contributed by atoms with Crippen molar-refractivity contribution < 1.29 is 19.7 Å². The zero-order chi connectivity index (χ0) is 23.2. The molecule has 3 aromatic rings. The maximum atomic E-state index is 11.7. The Hall–Kier alpha value is -5.07. The fourth-order valence-electron chi connectivity index (χ4n) is 3.58. The molecule has 32 heavy (non-hydrogen) atoms. The van der Waals surface area contributed by atoms with Gasteiger partial charge in [-0.15, -0.1) is 0 Å². The minimum absolute atomic E-state index is 0.0323. The van der Waals surface area contributed by atoms with E-state index in [4.69, 9.17) is 0 Å². The quantitative estimate of drug-likeness (QED) is 0.325. The lowest BCUT2D eigenvalue weighted by Gasteiger charge is -2.04. The van der Waals surface area contributed by atoms with Gasteiger partial charge in [0, 0.05) is 29.5 Å². The fraction of sp³-hybridized carbons (Fsp3) is 0. The van der Waals surface area contributed by atoms with Gasteiger partial charge in [-0.2, -0.15) is 0 Å². The van der Waals surface area contributed by atoms with Gasteiger partial charge in [0.05, 0.1) is 48.6 Å². The Kier molecular flexibility index (Phi) is 4.62. The van der Waals surface area contributed by atoms with Crippen molar-refractivity contribution in [3.63, 3.8) is 0 Å². The zero-order valence-corrected chi connectivity index (χ0v) is 15.7. The highest BCUT2D eigenvalue weighted by Gasteiger charge is 2.40. The average Bonchev–Trinajstić information content (AvgIpc) is 3.06. The molecular formula is C19H9N5O8. The van der Waals surface area contributed by atoms with E-state index in [0.717, 1.165) is 12.1 Å². The number of nitro groups is 4. The summed E-state index contributed by atoms with van der Waals surface area (Å²) in [6, 6.07) is 8.35. The second-order valence-electron chi connectivity index (χ2n) is 6.62. The first-order valence-corrected chi connectivity index (χ1v) is 8.76. The van der Waals surface area contributed by atoms with E-state index >= 15 is 0 Å². The molecule has 0 aliphatic heterocycles. The predicted octanol–water partition coefficient (Wildman–Crippen LogP) is 4.28. The molecule has 13 nitrogen and oxygen atoms in total. The summed E-state index contributed by atoms with van der Waals surface area (Å²) in [5.74, 6) is 0. The normalized spacial score (nSPS) is 11.4. The summed E-state index contributed by atoms with van der Waals surface area (Å²) in [7, 11) is 0. The van der Waals surface area contributed by atoms with Crippen LogP contribution in [0.15, 0.2) is 48.7 Å². The summed E-state index contributed by atoms with van der Waals surface area (Å²) >= 11 is 0. The van der Waals surface area contributed by atoms with Crippen LogP contribution >= 0.6 is 0 Å². The first kappa shape index (κ1) is 20.2. The molecular weight excluding hydrogens is 426 g/mol. The molecule has 0 bridgehead atoms. The summed E-state index contributed by atoms with van der Waals surface area (Å²) in [5, 5.41) is 46.3. The minimum Gasteiger partial charge on any atom is -0.258 e. The largest absolute Gasteiger partial charge is 0.284 e. The lowest BCUT2D eigenvalue weighted by atomic mass is 10.0. The molecule has 0 saturated heterocycles. The lowest BCUT2D eigenvalue weighted by Crippen LogP contribution is -1.99. The van der Waals surface area contributed by atoms with Crippen molar-refractivity contribution in [2.45, 2.75) is 0 Å². The van der Waals surface area contributed by atoms with E-state index in [9.17, 15) is 40.5 Å². The lowest BCUT2D eigenvalue weighted by molar-refractivity contribution is -0.395. The van der Waals surface area contributed by atoms with Crippen molar-refractivity contribution in [2.24, 2.45) is 0 Å². The van der Waals surface area contributed by atoms with Gasteiger partial charge in [0.1, 0.15) is 0 Å². The fourth-order valence-corrected chi connectivity index (χ4v) is 3.58. The van der Waals surface area contributed by atoms with Crippen LogP contribution in [-0.2, 0) is 0 Å². The molecule has 0 radical (unpaired) electrons. The Morgan fingerprint density at radius 1 is 0.688 bits per heavy atom. The van der Waals surface area contributed by atoms with Gasteiger partial charge < -0.3 is 0 Å². The number of benzene rings is 2. The standard InChI is InChI=1S/C19H9N5O8/c25-21(26)11-6-14-13(5-10-3-1-2-4-20-10)15-7-12(22(27)28)9-17(24(31)32)19(15)18(14)16(8-11)23(29)30/h1-9H. The van der Waals surface area contributed by atoms with Crippen LogP contribution in [0.2, 0.25) is 0 Å². The third kappa shape index (κ3) is 3.19. The molecule has 1 heterocycles. The van der Waals surface area contributed by atoms with Crippen LogP contribution in [0.4, 0.5) is 22.7 Å². The van der Waals surface area contributed by atoms with Crippen LogP contribution in [0.5, 0.6) is 0 Å². The second-order valence-corrected chi connectivity index (χ2v) is 6.62. The van der Waals surface area contributed by atoms with Crippen molar-refractivity contribution in [1.82, 2.24) is 4.98 Å². The number of nitro benzene ring substituents is 4. The van der Waals surface area contributed by atoms with Crippen LogP contribution < -0.4 is 0 Å². The predicted molar refractivity (Wildman–Crippen MR) is 110 cm³/mol. The van der Waals surface area contributed by atoms with Gasteiger partial charge in [-0.1, -0.05) is 6.07 Å². The van der Waals surface area contributed by atoms with Gasteiger partial charge in [0.15, 0.2) is 0 Å². The number of fused-ring (bicyclic) bond motifs is 3. The molecule has 0 unspecified atom stereocenters. The number of rotatable bonds is 5. The molecule has 2 aromatic carbocycles. The van der Waals surface area contributed by atoms with E-state index in [1.54, 1.807) is 18.2 Å². The first-order chi connectivity index (χ1) is 15.2. The summed E-state index contributed by atoms with van der Waals surface area (Å²) < 4.78 is 0. The topological polar surface area (TPSA) is 185 Å². The molecule has 1 aromatic heterocycles. The number of hydrogen-bond donors (Lipinski definition) is 0. The summed E-state index contributed by atoms with van der Waals surface area (Å²) in [5.41, 5.74) is -2.73. The molecule has 0 saturated carbocycles. The van der Waals surface area contributed by atoms with Crippen molar-refractivity contribution in [2.75, 3.05) is 0 Å². The summed E-state index contributed by atoms with van der Waals surface area (Å²) in [6.07, 6.45) is 2.86. The molecule has 0 spiro atoms. The third-order valence-electron chi connectivity index (χ3n) is 4.83. The Morgan fingerprint density at radius 2 is 1.19 bits per heavy atom. The van der Waals surface area contributed by atoms with Gasteiger partial charge >= 0.3 is 0 Å². The number of hydrogen-bond acceptors (Lipinski definition) is 9. The highest BCUT2D eigenvalue weighted by atomic mass is 16.6. The Labute approximate surface area is 176 Å². The van der Waals surface area contributed by atoms with Gasteiger partial charge in [-0.05, 0) is 23.8 Å². The number of pyridine rings is 1. The van der Waals surface area contributed by atoms with Crippen LogP contribution in [0.3, 0.4) is 0 Å². The molecule has 158 valence electrons. The van der Waals surface area contributed by atoms with Crippen LogP contribution in [0.25, 0.3) is 22.8 Å². The van der Waals surface area contributed by atoms with E-state index in [2.05, 4.69) is 4.98 Å². The first-order valence-electron chi connectivity index (χ1n) is 8.76. The molecule has 0 atom stereocenters. The zero-order valence-electron chi connectivity index (χ0n) is 15.7. The van der Waals surface area contributed by atoms with Gasteiger partial charge in [0.2, 0.25) is 0 Å². The number of nitrogens with zero attached hydrogens (tertiary/aromatic N) is 5. The van der Waals surface area contributed by atoms with E-state index in [1.807, 2.05) is 0 Å². The van der Waals surface area contributed by atoms with Crippen molar-refractivity contribution in [3.05, 3.63) is 106 Å².